The zero-order chi connectivity index (χ0) is 14.1. The molecule has 0 saturated heterocycles. The zero-order valence-corrected chi connectivity index (χ0v) is 11.0. The SMILES string of the molecule is COC(=O)C1=C2C=CCC2C(c2ccccc2)C(=O)O1. The van der Waals surface area contributed by atoms with E-state index < -0.39 is 11.9 Å². The summed E-state index contributed by atoms with van der Waals surface area (Å²) in [6, 6.07) is 9.51. The molecule has 0 radical (unpaired) electrons. The third-order valence-corrected chi connectivity index (χ3v) is 3.74. The largest absolute Gasteiger partial charge is 0.463 e. The number of carbonyl (C=O) groups is 2. The van der Waals surface area contributed by atoms with Crippen molar-refractivity contribution < 1.29 is 19.1 Å². The van der Waals surface area contributed by atoms with Crippen molar-refractivity contribution in [1.29, 1.82) is 0 Å². The van der Waals surface area contributed by atoms with Crippen molar-refractivity contribution in [3.63, 3.8) is 0 Å². The van der Waals surface area contributed by atoms with Crippen LogP contribution in [0.1, 0.15) is 17.9 Å². The average molecular weight is 270 g/mol. The molecule has 0 aromatic heterocycles. The lowest BCUT2D eigenvalue weighted by Gasteiger charge is -2.29. The number of benzene rings is 1. The van der Waals surface area contributed by atoms with Gasteiger partial charge >= 0.3 is 11.9 Å². The van der Waals surface area contributed by atoms with E-state index in [1.165, 1.54) is 7.11 Å². The maximum absolute atomic E-state index is 12.3. The smallest absolute Gasteiger partial charge is 0.374 e. The molecule has 1 aromatic rings. The zero-order valence-electron chi connectivity index (χ0n) is 11.0. The molecule has 1 aliphatic heterocycles. The first-order valence-corrected chi connectivity index (χ1v) is 6.48. The van der Waals surface area contributed by atoms with Crippen LogP contribution in [0.25, 0.3) is 0 Å². The fourth-order valence-electron chi connectivity index (χ4n) is 2.82. The number of fused-ring (bicyclic) bond motifs is 1. The second-order valence-corrected chi connectivity index (χ2v) is 4.83. The Hall–Kier alpha value is -2.36. The van der Waals surface area contributed by atoms with E-state index >= 15 is 0 Å². The Labute approximate surface area is 116 Å². The lowest BCUT2D eigenvalue weighted by Crippen LogP contribution is -2.31. The summed E-state index contributed by atoms with van der Waals surface area (Å²) in [6.07, 6.45) is 4.53. The van der Waals surface area contributed by atoms with Gasteiger partial charge in [0, 0.05) is 11.5 Å². The van der Waals surface area contributed by atoms with Crippen LogP contribution in [0.5, 0.6) is 0 Å². The Bertz CT molecular complexity index is 613. The first-order chi connectivity index (χ1) is 9.72. The minimum Gasteiger partial charge on any atom is -0.463 e. The van der Waals surface area contributed by atoms with E-state index in [0.29, 0.717) is 0 Å². The van der Waals surface area contributed by atoms with Gasteiger partial charge < -0.3 is 9.47 Å². The third-order valence-electron chi connectivity index (χ3n) is 3.74. The summed E-state index contributed by atoms with van der Waals surface area (Å²) in [5.41, 5.74) is 1.66. The van der Waals surface area contributed by atoms with Crippen LogP contribution in [0.15, 0.2) is 53.8 Å². The molecule has 20 heavy (non-hydrogen) atoms. The molecule has 1 aromatic carbocycles. The Morgan fingerprint density at radius 1 is 1.30 bits per heavy atom. The summed E-state index contributed by atoms with van der Waals surface area (Å²) in [6.45, 7) is 0. The molecule has 1 heterocycles. The Morgan fingerprint density at radius 3 is 2.75 bits per heavy atom. The van der Waals surface area contributed by atoms with Gasteiger partial charge in [-0.3, -0.25) is 4.79 Å². The molecule has 102 valence electrons. The lowest BCUT2D eigenvalue weighted by atomic mass is 9.80. The van der Waals surface area contributed by atoms with E-state index in [1.807, 2.05) is 42.5 Å². The normalized spacial score (nSPS) is 24.4. The van der Waals surface area contributed by atoms with E-state index in [2.05, 4.69) is 4.74 Å². The van der Waals surface area contributed by atoms with E-state index in [9.17, 15) is 9.59 Å². The van der Waals surface area contributed by atoms with Crippen molar-refractivity contribution in [3.05, 3.63) is 59.4 Å². The number of carbonyl (C=O) groups excluding carboxylic acids is 2. The van der Waals surface area contributed by atoms with Gasteiger partial charge in [-0.1, -0.05) is 42.5 Å². The maximum Gasteiger partial charge on any atom is 0.374 e. The topological polar surface area (TPSA) is 52.6 Å². The summed E-state index contributed by atoms with van der Waals surface area (Å²) >= 11 is 0. The monoisotopic (exact) mass is 270 g/mol. The summed E-state index contributed by atoms with van der Waals surface area (Å²) in [5, 5.41) is 0. The van der Waals surface area contributed by atoms with Crippen LogP contribution in [0.2, 0.25) is 0 Å². The van der Waals surface area contributed by atoms with Gasteiger partial charge in [-0.15, -0.1) is 0 Å². The van der Waals surface area contributed by atoms with E-state index in [4.69, 9.17) is 4.74 Å². The van der Waals surface area contributed by atoms with Crippen molar-refractivity contribution in [1.82, 2.24) is 0 Å². The van der Waals surface area contributed by atoms with Crippen molar-refractivity contribution in [2.75, 3.05) is 7.11 Å². The minimum atomic E-state index is -0.601. The Kier molecular flexibility index (Phi) is 3.14. The number of hydrogen-bond donors (Lipinski definition) is 0. The second kappa shape index (κ2) is 4.96. The van der Waals surface area contributed by atoms with Crippen molar-refractivity contribution in [2.24, 2.45) is 5.92 Å². The number of ether oxygens (including phenoxy) is 2. The van der Waals surface area contributed by atoms with Crippen LogP contribution < -0.4 is 0 Å². The summed E-state index contributed by atoms with van der Waals surface area (Å²) < 4.78 is 9.91. The number of cyclic esters (lactones) is 1. The van der Waals surface area contributed by atoms with Crippen molar-refractivity contribution in [3.8, 4) is 0 Å². The molecule has 2 unspecified atom stereocenters. The first-order valence-electron chi connectivity index (χ1n) is 6.48. The number of rotatable bonds is 2. The molecule has 1 aliphatic carbocycles. The van der Waals surface area contributed by atoms with E-state index in [1.54, 1.807) is 0 Å². The molecule has 0 amide bonds. The molecule has 0 spiro atoms. The first kappa shape index (κ1) is 12.7. The van der Waals surface area contributed by atoms with Gasteiger partial charge in [-0.25, -0.2) is 4.79 Å². The minimum absolute atomic E-state index is 0.0310. The maximum atomic E-state index is 12.3. The Morgan fingerprint density at radius 2 is 2.05 bits per heavy atom. The van der Waals surface area contributed by atoms with Crippen LogP contribution in [-0.2, 0) is 19.1 Å². The van der Waals surface area contributed by atoms with Crippen molar-refractivity contribution >= 4 is 11.9 Å². The van der Waals surface area contributed by atoms with E-state index in [0.717, 1.165) is 17.6 Å². The van der Waals surface area contributed by atoms with Gasteiger partial charge in [-0.2, -0.15) is 0 Å². The molecule has 2 aliphatic rings. The van der Waals surface area contributed by atoms with Gasteiger partial charge in [-0.05, 0) is 12.0 Å². The van der Waals surface area contributed by atoms with Crippen LogP contribution in [0.4, 0.5) is 0 Å². The lowest BCUT2D eigenvalue weighted by molar-refractivity contribution is -0.153. The van der Waals surface area contributed by atoms with Gasteiger partial charge in [0.25, 0.3) is 0 Å². The second-order valence-electron chi connectivity index (χ2n) is 4.83. The summed E-state index contributed by atoms with van der Waals surface area (Å²) in [4.78, 5) is 24.0. The highest BCUT2D eigenvalue weighted by Gasteiger charge is 2.42. The fourth-order valence-corrected chi connectivity index (χ4v) is 2.82. The molecule has 0 N–H and O–H groups in total. The van der Waals surface area contributed by atoms with Gasteiger partial charge in [0.05, 0.1) is 13.0 Å². The molecule has 2 atom stereocenters. The van der Waals surface area contributed by atoms with Crippen LogP contribution in [-0.4, -0.2) is 19.0 Å². The van der Waals surface area contributed by atoms with E-state index in [-0.39, 0.29) is 17.6 Å². The molecule has 3 rings (SSSR count). The molecule has 4 nitrogen and oxygen atoms in total. The average Bonchev–Trinajstić information content (AvgIpc) is 2.95. The highest BCUT2D eigenvalue weighted by Crippen LogP contribution is 2.43. The number of methoxy groups -OCH3 is 1. The third kappa shape index (κ3) is 1.93. The quantitative estimate of drug-likeness (QED) is 0.774. The summed E-state index contributed by atoms with van der Waals surface area (Å²) in [5.74, 6) is -1.38. The van der Waals surface area contributed by atoms with Crippen LogP contribution >= 0.6 is 0 Å². The number of allylic oxidation sites excluding steroid dienone is 3. The molecular weight excluding hydrogens is 256 g/mol. The Balaban J connectivity index is 2.04. The predicted octanol–water partition coefficient (Wildman–Crippen LogP) is 2.33. The predicted molar refractivity (Wildman–Crippen MR) is 71.6 cm³/mol. The number of esters is 2. The van der Waals surface area contributed by atoms with Gasteiger partial charge in [0.2, 0.25) is 5.76 Å². The molecule has 0 fully saturated rings. The fraction of sp³-hybridized carbons (Fsp3) is 0.250. The molecular formula is C16H14O4. The van der Waals surface area contributed by atoms with Crippen LogP contribution in [0, 0.1) is 5.92 Å². The summed E-state index contributed by atoms with van der Waals surface area (Å²) in [7, 11) is 1.28. The molecule has 0 bridgehead atoms. The van der Waals surface area contributed by atoms with Crippen LogP contribution in [0.3, 0.4) is 0 Å². The molecule has 0 saturated carbocycles. The standard InChI is InChI=1S/C16H14O4/c1-19-16(18)14-12-9-5-8-11(12)13(15(17)20-14)10-6-3-2-4-7-10/h2-7,9,11,13H,8H2,1H3. The van der Waals surface area contributed by atoms with Gasteiger partial charge in [0.1, 0.15) is 0 Å². The van der Waals surface area contributed by atoms with Gasteiger partial charge in [0.15, 0.2) is 0 Å². The highest BCUT2D eigenvalue weighted by atomic mass is 16.6. The highest BCUT2D eigenvalue weighted by molar-refractivity contribution is 5.94. The van der Waals surface area contributed by atoms with Crippen molar-refractivity contribution in [2.45, 2.75) is 12.3 Å². The molecule has 4 heteroatoms. The number of hydrogen-bond acceptors (Lipinski definition) is 4.